The van der Waals surface area contributed by atoms with Gasteiger partial charge in [0.2, 0.25) is 0 Å². The van der Waals surface area contributed by atoms with Crippen LogP contribution in [0.3, 0.4) is 0 Å². The number of carboxylic acid groups (broad SMARTS) is 1. The first kappa shape index (κ1) is 14.4. The van der Waals surface area contributed by atoms with E-state index in [0.29, 0.717) is 12.3 Å². The van der Waals surface area contributed by atoms with E-state index in [1.54, 1.807) is 11.8 Å². The SMILES string of the molecule is CCNC(CSCc1ccc(Cl)cc1)C(=O)O. The van der Waals surface area contributed by atoms with Crippen LogP contribution in [-0.4, -0.2) is 29.4 Å². The third-order valence-electron chi connectivity index (χ3n) is 2.22. The molecule has 0 amide bonds. The summed E-state index contributed by atoms with van der Waals surface area (Å²) < 4.78 is 0. The lowest BCUT2D eigenvalue weighted by atomic mass is 10.2. The minimum absolute atomic E-state index is 0.475. The maximum absolute atomic E-state index is 10.9. The van der Waals surface area contributed by atoms with Gasteiger partial charge in [0, 0.05) is 16.5 Å². The normalized spacial score (nSPS) is 12.4. The van der Waals surface area contributed by atoms with Crippen molar-refractivity contribution >= 4 is 29.3 Å². The fourth-order valence-corrected chi connectivity index (χ4v) is 2.51. The zero-order valence-electron chi connectivity index (χ0n) is 9.65. The molecule has 0 aromatic heterocycles. The summed E-state index contributed by atoms with van der Waals surface area (Å²) in [5.74, 6) is 0.563. The van der Waals surface area contributed by atoms with E-state index in [1.165, 1.54) is 0 Å². The van der Waals surface area contributed by atoms with E-state index in [9.17, 15) is 4.79 Å². The predicted octanol–water partition coefficient (Wildman–Crippen LogP) is 2.64. The molecule has 2 N–H and O–H groups in total. The Hall–Kier alpha value is -0.710. The van der Waals surface area contributed by atoms with Crippen LogP contribution in [0.15, 0.2) is 24.3 Å². The van der Waals surface area contributed by atoms with E-state index in [0.717, 1.165) is 16.3 Å². The summed E-state index contributed by atoms with van der Waals surface area (Å²) in [4.78, 5) is 10.9. The molecule has 0 radical (unpaired) electrons. The summed E-state index contributed by atoms with van der Waals surface area (Å²) in [6.45, 7) is 2.57. The third-order valence-corrected chi connectivity index (χ3v) is 3.57. The van der Waals surface area contributed by atoms with Crippen LogP contribution < -0.4 is 5.32 Å². The highest BCUT2D eigenvalue weighted by Gasteiger charge is 2.15. The lowest BCUT2D eigenvalue weighted by Gasteiger charge is -2.12. The maximum Gasteiger partial charge on any atom is 0.321 e. The van der Waals surface area contributed by atoms with Gasteiger partial charge in [-0.3, -0.25) is 4.79 Å². The molecule has 17 heavy (non-hydrogen) atoms. The van der Waals surface area contributed by atoms with Gasteiger partial charge in [0.1, 0.15) is 6.04 Å². The summed E-state index contributed by atoms with van der Waals surface area (Å²) in [6.07, 6.45) is 0. The van der Waals surface area contributed by atoms with E-state index in [2.05, 4.69) is 5.32 Å². The van der Waals surface area contributed by atoms with Gasteiger partial charge in [-0.1, -0.05) is 30.7 Å². The van der Waals surface area contributed by atoms with Crippen LogP contribution in [0.1, 0.15) is 12.5 Å². The average Bonchev–Trinajstić information content (AvgIpc) is 2.30. The third kappa shape index (κ3) is 5.44. The predicted molar refractivity (Wildman–Crippen MR) is 72.7 cm³/mol. The van der Waals surface area contributed by atoms with Crippen molar-refractivity contribution in [3.8, 4) is 0 Å². The molecule has 1 atom stereocenters. The van der Waals surface area contributed by atoms with Crippen LogP contribution in [0, 0.1) is 0 Å². The van der Waals surface area contributed by atoms with Gasteiger partial charge in [-0.15, -0.1) is 0 Å². The first-order chi connectivity index (χ1) is 8.13. The number of thioether (sulfide) groups is 1. The summed E-state index contributed by atoms with van der Waals surface area (Å²) in [5, 5.41) is 12.6. The zero-order valence-corrected chi connectivity index (χ0v) is 11.2. The van der Waals surface area contributed by atoms with Crippen LogP contribution in [0.5, 0.6) is 0 Å². The number of aliphatic carboxylic acids is 1. The van der Waals surface area contributed by atoms with Gasteiger partial charge in [-0.05, 0) is 24.2 Å². The molecule has 94 valence electrons. The molecule has 1 rings (SSSR count). The van der Waals surface area contributed by atoms with Crippen LogP contribution in [0.25, 0.3) is 0 Å². The quantitative estimate of drug-likeness (QED) is 0.802. The average molecular weight is 274 g/mol. The van der Waals surface area contributed by atoms with Gasteiger partial charge >= 0.3 is 5.97 Å². The zero-order chi connectivity index (χ0) is 12.7. The summed E-state index contributed by atoms with van der Waals surface area (Å²) in [7, 11) is 0. The minimum atomic E-state index is -0.796. The molecule has 0 bridgehead atoms. The van der Waals surface area contributed by atoms with Crippen LogP contribution in [0.4, 0.5) is 0 Å². The highest BCUT2D eigenvalue weighted by atomic mass is 35.5. The first-order valence-electron chi connectivity index (χ1n) is 5.42. The van der Waals surface area contributed by atoms with Gasteiger partial charge < -0.3 is 10.4 Å². The second-order valence-electron chi connectivity index (χ2n) is 3.59. The second-order valence-corrected chi connectivity index (χ2v) is 5.06. The Balaban J connectivity index is 2.35. The molecule has 0 fully saturated rings. The van der Waals surface area contributed by atoms with Gasteiger partial charge in [-0.25, -0.2) is 0 Å². The number of benzene rings is 1. The Kier molecular flexibility index (Phi) is 6.40. The van der Waals surface area contributed by atoms with Crippen molar-refractivity contribution in [1.82, 2.24) is 5.32 Å². The van der Waals surface area contributed by atoms with Crippen molar-refractivity contribution in [2.45, 2.75) is 18.7 Å². The highest BCUT2D eigenvalue weighted by molar-refractivity contribution is 7.98. The van der Waals surface area contributed by atoms with Crippen molar-refractivity contribution in [3.05, 3.63) is 34.9 Å². The minimum Gasteiger partial charge on any atom is -0.480 e. The molecule has 3 nitrogen and oxygen atoms in total. The maximum atomic E-state index is 10.9. The molecule has 5 heteroatoms. The van der Waals surface area contributed by atoms with Crippen molar-refractivity contribution < 1.29 is 9.90 Å². The van der Waals surface area contributed by atoms with Gasteiger partial charge in [0.05, 0.1) is 0 Å². The van der Waals surface area contributed by atoms with Gasteiger partial charge in [-0.2, -0.15) is 11.8 Å². The molecular weight excluding hydrogens is 258 g/mol. The summed E-state index contributed by atoms with van der Waals surface area (Å²) in [5.41, 5.74) is 1.15. The van der Waals surface area contributed by atoms with Crippen LogP contribution >= 0.6 is 23.4 Å². The number of halogens is 1. The Labute approximate surface area is 111 Å². The van der Waals surface area contributed by atoms with Crippen molar-refractivity contribution in [3.63, 3.8) is 0 Å². The number of nitrogens with one attached hydrogen (secondary N) is 1. The Morgan fingerprint density at radius 2 is 2.12 bits per heavy atom. The number of carboxylic acids is 1. The first-order valence-corrected chi connectivity index (χ1v) is 6.95. The van der Waals surface area contributed by atoms with Crippen molar-refractivity contribution in [1.29, 1.82) is 0 Å². The molecule has 0 aliphatic heterocycles. The van der Waals surface area contributed by atoms with Gasteiger partial charge in [0.15, 0.2) is 0 Å². The standard InChI is InChI=1S/C12H16ClNO2S/c1-2-14-11(12(15)16)8-17-7-9-3-5-10(13)6-4-9/h3-6,11,14H,2,7-8H2,1H3,(H,15,16). The fourth-order valence-electron chi connectivity index (χ4n) is 1.34. The van der Waals surface area contributed by atoms with E-state index in [1.807, 2.05) is 31.2 Å². The van der Waals surface area contributed by atoms with Gasteiger partial charge in [0.25, 0.3) is 0 Å². The Morgan fingerprint density at radius 3 is 2.65 bits per heavy atom. The van der Waals surface area contributed by atoms with E-state index < -0.39 is 12.0 Å². The smallest absolute Gasteiger partial charge is 0.321 e. The highest BCUT2D eigenvalue weighted by Crippen LogP contribution is 2.16. The number of hydrogen-bond acceptors (Lipinski definition) is 3. The van der Waals surface area contributed by atoms with E-state index in [4.69, 9.17) is 16.7 Å². The Bertz CT molecular complexity index is 356. The van der Waals surface area contributed by atoms with Crippen LogP contribution in [-0.2, 0) is 10.5 Å². The number of likely N-dealkylation sites (N-methyl/N-ethyl adjacent to an activating group) is 1. The number of hydrogen-bond donors (Lipinski definition) is 2. The van der Waals surface area contributed by atoms with Crippen molar-refractivity contribution in [2.75, 3.05) is 12.3 Å². The molecule has 0 aliphatic rings. The largest absolute Gasteiger partial charge is 0.480 e. The van der Waals surface area contributed by atoms with E-state index >= 15 is 0 Å². The second kappa shape index (κ2) is 7.58. The van der Waals surface area contributed by atoms with Crippen molar-refractivity contribution in [2.24, 2.45) is 0 Å². The molecule has 0 heterocycles. The lowest BCUT2D eigenvalue weighted by Crippen LogP contribution is -2.38. The van der Waals surface area contributed by atoms with E-state index in [-0.39, 0.29) is 0 Å². The molecule has 1 aromatic rings. The summed E-state index contributed by atoms with van der Waals surface area (Å²) in [6, 6.07) is 7.13. The summed E-state index contributed by atoms with van der Waals surface area (Å²) >= 11 is 7.39. The Morgan fingerprint density at radius 1 is 1.47 bits per heavy atom. The monoisotopic (exact) mass is 273 g/mol. The molecule has 1 unspecified atom stereocenters. The lowest BCUT2D eigenvalue weighted by molar-refractivity contribution is -0.138. The topological polar surface area (TPSA) is 49.3 Å². The molecule has 0 saturated carbocycles. The molecule has 0 spiro atoms. The molecule has 0 aliphatic carbocycles. The molecule has 0 saturated heterocycles. The number of carbonyl (C=O) groups is 1. The fraction of sp³-hybridized carbons (Fsp3) is 0.417. The molecular formula is C12H16ClNO2S. The molecule has 1 aromatic carbocycles. The van der Waals surface area contributed by atoms with Crippen LogP contribution in [0.2, 0.25) is 5.02 Å². The number of rotatable bonds is 7.